The van der Waals surface area contributed by atoms with Gasteiger partial charge in [0.2, 0.25) is 0 Å². The van der Waals surface area contributed by atoms with Crippen LogP contribution in [0, 0.1) is 5.82 Å². The smallest absolute Gasteiger partial charge is 0.251 e. The summed E-state index contributed by atoms with van der Waals surface area (Å²) < 4.78 is 14.8. The molecule has 11 heteroatoms. The van der Waals surface area contributed by atoms with Crippen molar-refractivity contribution in [2.45, 2.75) is 25.9 Å². The molecule has 0 unspecified atom stereocenters. The van der Waals surface area contributed by atoms with E-state index in [0.29, 0.717) is 33.2 Å². The summed E-state index contributed by atoms with van der Waals surface area (Å²) in [5.74, 6) is 0.148. The van der Waals surface area contributed by atoms with Gasteiger partial charge in [-0.05, 0) is 43.7 Å². The highest BCUT2D eigenvalue weighted by Crippen LogP contribution is 2.38. The molecule has 0 radical (unpaired) electrons. The maximum atomic E-state index is 14.8. The second kappa shape index (κ2) is 8.77. The van der Waals surface area contributed by atoms with Gasteiger partial charge < -0.3 is 16.2 Å². The van der Waals surface area contributed by atoms with Crippen LogP contribution < -0.4 is 22.1 Å². The molecular formula is C22H24FN7O2S. The lowest BCUT2D eigenvalue weighted by molar-refractivity contribution is 0.0782. The molecule has 3 heterocycles. The Labute approximate surface area is 194 Å². The number of aromatic nitrogens is 1. The molecule has 2 aromatic heterocycles. The van der Waals surface area contributed by atoms with Crippen molar-refractivity contribution in [2.24, 2.45) is 10.8 Å². The number of nitrogens with two attached hydrogens (primary N) is 1. The fourth-order valence-corrected chi connectivity index (χ4v) is 4.38. The van der Waals surface area contributed by atoms with E-state index < -0.39 is 17.3 Å². The first-order valence-corrected chi connectivity index (χ1v) is 10.9. The van der Waals surface area contributed by atoms with Crippen LogP contribution >= 0.6 is 11.3 Å². The Morgan fingerprint density at radius 3 is 2.73 bits per heavy atom. The van der Waals surface area contributed by atoms with Gasteiger partial charge in [-0.3, -0.25) is 9.80 Å². The molecule has 0 saturated heterocycles. The number of thiophene rings is 1. The summed E-state index contributed by atoms with van der Waals surface area (Å²) in [6.07, 6.45) is 0.489. The molecule has 3 aromatic rings. The number of benzene rings is 1. The van der Waals surface area contributed by atoms with Crippen LogP contribution in [0.2, 0.25) is 0 Å². The number of nitrogens with one attached hydrogen (secondary N) is 3. The average molecular weight is 470 g/mol. The molecule has 1 aliphatic rings. The summed E-state index contributed by atoms with van der Waals surface area (Å²) in [5, 5.41) is 19.6. The SMILES string of the molecule is CN1NNN=C1Cc1cccc(Nc2sc(-c3ccc(C(C)(C)O)cc3F)cc2C(N)=O)n1. The molecule has 0 saturated carbocycles. The van der Waals surface area contributed by atoms with Crippen molar-refractivity contribution < 1.29 is 14.3 Å². The van der Waals surface area contributed by atoms with Gasteiger partial charge in [-0.1, -0.05) is 18.2 Å². The number of hydrogen-bond donors (Lipinski definition) is 5. The number of likely N-dealkylation sites (N-methyl/N-ethyl adjacent to an activating group) is 1. The summed E-state index contributed by atoms with van der Waals surface area (Å²) >= 11 is 1.20. The number of carbonyl (C=O) groups excluding carboxylic acids is 1. The minimum absolute atomic E-state index is 0.237. The Morgan fingerprint density at radius 2 is 2.09 bits per heavy atom. The number of rotatable bonds is 7. The number of nitrogens with zero attached hydrogens (tertiary/aromatic N) is 3. The van der Waals surface area contributed by atoms with Crippen molar-refractivity contribution in [1.29, 1.82) is 0 Å². The normalized spacial score (nSPS) is 13.6. The van der Waals surface area contributed by atoms with E-state index in [1.165, 1.54) is 17.4 Å². The molecule has 0 atom stereocenters. The van der Waals surface area contributed by atoms with Gasteiger partial charge >= 0.3 is 0 Å². The van der Waals surface area contributed by atoms with E-state index in [-0.39, 0.29) is 5.56 Å². The Balaban J connectivity index is 1.62. The van der Waals surface area contributed by atoms with Crippen molar-refractivity contribution in [3.8, 4) is 10.4 Å². The van der Waals surface area contributed by atoms with E-state index in [2.05, 4.69) is 26.5 Å². The molecule has 0 aliphatic carbocycles. The molecule has 0 fully saturated rings. The van der Waals surface area contributed by atoms with Gasteiger partial charge in [0, 0.05) is 17.5 Å². The third kappa shape index (κ3) is 4.95. The van der Waals surface area contributed by atoms with E-state index in [1.807, 2.05) is 19.2 Å². The Kier molecular flexibility index (Phi) is 6.02. The largest absolute Gasteiger partial charge is 0.386 e. The first-order valence-electron chi connectivity index (χ1n) is 10.1. The number of hydrazone groups is 1. The molecule has 4 rings (SSSR count). The topological polar surface area (TPSA) is 128 Å². The highest BCUT2D eigenvalue weighted by molar-refractivity contribution is 7.19. The minimum atomic E-state index is -1.17. The van der Waals surface area contributed by atoms with Gasteiger partial charge in [-0.2, -0.15) is 0 Å². The minimum Gasteiger partial charge on any atom is -0.386 e. The molecular weight excluding hydrogens is 445 g/mol. The van der Waals surface area contributed by atoms with Crippen LogP contribution in [-0.4, -0.2) is 33.9 Å². The predicted octanol–water partition coefficient (Wildman–Crippen LogP) is 2.83. The maximum Gasteiger partial charge on any atom is 0.251 e. The van der Waals surface area contributed by atoms with Crippen LogP contribution in [0.1, 0.15) is 35.5 Å². The van der Waals surface area contributed by atoms with Gasteiger partial charge in [0.1, 0.15) is 22.5 Å². The van der Waals surface area contributed by atoms with Crippen LogP contribution in [0.3, 0.4) is 0 Å². The van der Waals surface area contributed by atoms with Gasteiger partial charge in [-0.15, -0.1) is 22.0 Å². The summed E-state index contributed by atoms with van der Waals surface area (Å²) in [6.45, 7) is 3.18. The zero-order valence-electron chi connectivity index (χ0n) is 18.3. The van der Waals surface area contributed by atoms with E-state index in [1.54, 1.807) is 43.1 Å². The number of amides is 1. The lowest BCUT2D eigenvalue weighted by Crippen LogP contribution is -2.38. The van der Waals surface area contributed by atoms with Crippen molar-refractivity contribution in [3.63, 3.8) is 0 Å². The summed E-state index contributed by atoms with van der Waals surface area (Å²) in [5.41, 5.74) is 11.7. The average Bonchev–Trinajstić information content (AvgIpc) is 3.34. The third-order valence-corrected chi connectivity index (χ3v) is 6.20. The predicted molar refractivity (Wildman–Crippen MR) is 126 cm³/mol. The number of primary amides is 1. The molecule has 172 valence electrons. The Morgan fingerprint density at radius 1 is 1.30 bits per heavy atom. The van der Waals surface area contributed by atoms with Crippen LogP contribution in [0.4, 0.5) is 15.2 Å². The zero-order valence-corrected chi connectivity index (χ0v) is 19.1. The number of pyridine rings is 1. The first-order chi connectivity index (χ1) is 15.6. The monoisotopic (exact) mass is 469 g/mol. The number of carbonyl (C=O) groups is 1. The second-order valence-electron chi connectivity index (χ2n) is 8.10. The van der Waals surface area contributed by atoms with Gasteiger partial charge in [0.05, 0.1) is 23.3 Å². The van der Waals surface area contributed by atoms with Crippen LogP contribution in [0.15, 0.2) is 47.6 Å². The van der Waals surface area contributed by atoms with Gasteiger partial charge in [-0.25, -0.2) is 14.9 Å². The van der Waals surface area contributed by atoms with Crippen molar-refractivity contribution in [3.05, 3.63) is 65.1 Å². The van der Waals surface area contributed by atoms with Crippen molar-refractivity contribution in [1.82, 2.24) is 21.1 Å². The number of halogens is 1. The number of aliphatic hydroxyl groups is 1. The Hall–Kier alpha value is -3.54. The number of anilines is 2. The number of amidine groups is 1. The molecule has 9 nitrogen and oxygen atoms in total. The van der Waals surface area contributed by atoms with E-state index in [9.17, 15) is 14.3 Å². The van der Waals surface area contributed by atoms with Crippen LogP contribution in [0.25, 0.3) is 10.4 Å². The number of hydrazine groups is 2. The molecule has 0 bridgehead atoms. The quantitative estimate of drug-likeness (QED) is 0.360. The highest BCUT2D eigenvalue weighted by atomic mass is 32.1. The molecule has 0 spiro atoms. The third-order valence-electron chi connectivity index (χ3n) is 5.12. The number of hydrogen-bond acceptors (Lipinski definition) is 9. The highest BCUT2D eigenvalue weighted by Gasteiger charge is 2.21. The fraction of sp³-hybridized carbons (Fsp3) is 0.227. The fourth-order valence-electron chi connectivity index (χ4n) is 3.28. The van der Waals surface area contributed by atoms with Crippen LogP contribution in [0.5, 0.6) is 0 Å². The molecule has 1 aromatic carbocycles. The molecule has 1 aliphatic heterocycles. The zero-order chi connectivity index (χ0) is 23.8. The summed E-state index contributed by atoms with van der Waals surface area (Å²) in [7, 11) is 1.83. The van der Waals surface area contributed by atoms with E-state index >= 15 is 0 Å². The molecule has 6 N–H and O–H groups in total. The molecule has 33 heavy (non-hydrogen) atoms. The van der Waals surface area contributed by atoms with Crippen LogP contribution in [-0.2, 0) is 12.0 Å². The lowest BCUT2D eigenvalue weighted by atomic mass is 9.96. The standard InChI is InChI=1S/C22H24FN7O2S/c1-22(2,32)12-7-8-14(16(23)9-12)17-11-15(20(24)31)21(33-17)26-18-6-4-5-13(25-18)10-19-27-28-29-30(19)3/h4-9,11,28-29,32H,10H2,1-3H3,(H2,24,31)(H,25,26). The second-order valence-corrected chi connectivity index (χ2v) is 9.15. The summed E-state index contributed by atoms with van der Waals surface area (Å²) in [4.78, 5) is 17.2. The Bertz CT molecular complexity index is 1240. The van der Waals surface area contributed by atoms with Crippen molar-refractivity contribution >= 4 is 33.9 Å². The van der Waals surface area contributed by atoms with Gasteiger partial charge in [0.15, 0.2) is 0 Å². The maximum absolute atomic E-state index is 14.8. The van der Waals surface area contributed by atoms with Gasteiger partial charge in [0.25, 0.3) is 5.91 Å². The van der Waals surface area contributed by atoms with E-state index in [0.717, 1.165) is 11.5 Å². The molecule has 1 amide bonds. The lowest BCUT2D eigenvalue weighted by Gasteiger charge is -2.18. The summed E-state index contributed by atoms with van der Waals surface area (Å²) in [6, 6.07) is 11.6. The van der Waals surface area contributed by atoms with Crippen molar-refractivity contribution in [2.75, 3.05) is 12.4 Å². The first kappa shape index (κ1) is 22.6. The van der Waals surface area contributed by atoms with E-state index in [4.69, 9.17) is 5.73 Å².